The molecule has 0 unspecified atom stereocenters. The van der Waals surface area contributed by atoms with Crippen LogP contribution in [0.1, 0.15) is 52.3 Å². The molecule has 0 bridgehead atoms. The summed E-state index contributed by atoms with van der Waals surface area (Å²) in [6.07, 6.45) is 1.62. The van der Waals surface area contributed by atoms with Gasteiger partial charge in [0.05, 0.1) is 0 Å². The summed E-state index contributed by atoms with van der Waals surface area (Å²) in [6.45, 7) is 13.7. The van der Waals surface area contributed by atoms with Crippen molar-refractivity contribution in [3.8, 4) is 0 Å². The number of hydrogen-bond donors (Lipinski definition) is 1. The first-order valence-corrected chi connectivity index (χ1v) is 9.42. The largest absolute Gasteiger partial charge is 0.481 e. The summed E-state index contributed by atoms with van der Waals surface area (Å²) < 4.78 is 5.40. The van der Waals surface area contributed by atoms with Gasteiger partial charge in [0.15, 0.2) is 0 Å². The minimum absolute atomic E-state index is 0.0408. The third kappa shape index (κ3) is 7.03. The Kier molecular flexibility index (Phi) is 8.46. The molecule has 0 radical (unpaired) electrons. The van der Waals surface area contributed by atoms with Gasteiger partial charge < -0.3 is 19.6 Å². The predicted octanol–water partition coefficient (Wildman–Crippen LogP) is 2.89. The lowest BCUT2D eigenvalue weighted by molar-refractivity contribution is -0.136. The number of carbonyl (C=O) groups is 2. The molecule has 1 N–H and O–H groups in total. The number of nitrogens with zero attached hydrogens (tertiary/aromatic N) is 4. The van der Waals surface area contributed by atoms with Gasteiger partial charge in [-0.3, -0.25) is 4.79 Å². The van der Waals surface area contributed by atoms with Gasteiger partial charge in [-0.15, -0.1) is 0 Å². The average Bonchev–Trinajstić information content (AvgIpc) is 2.61. The fourth-order valence-electron chi connectivity index (χ4n) is 2.71. The van der Waals surface area contributed by atoms with Crippen molar-refractivity contribution in [2.24, 2.45) is 0 Å². The fourth-order valence-corrected chi connectivity index (χ4v) is 2.71. The topological polar surface area (TPSA) is 95.9 Å². The lowest BCUT2D eigenvalue weighted by atomic mass is 10.1. The van der Waals surface area contributed by atoms with Crippen molar-refractivity contribution in [3.05, 3.63) is 17.6 Å². The molecule has 0 spiro atoms. The number of aromatic nitrogens is 2. The van der Waals surface area contributed by atoms with E-state index in [0.717, 1.165) is 17.1 Å². The molecule has 8 nitrogen and oxygen atoms in total. The van der Waals surface area contributed by atoms with Crippen LogP contribution < -0.4 is 4.90 Å². The number of aliphatic carboxylic acids is 1. The third-order valence-corrected chi connectivity index (χ3v) is 3.96. The molecule has 0 aromatic carbocycles. The first-order valence-electron chi connectivity index (χ1n) is 9.42. The van der Waals surface area contributed by atoms with Crippen molar-refractivity contribution in [1.82, 2.24) is 14.9 Å². The predicted molar refractivity (Wildman–Crippen MR) is 104 cm³/mol. The van der Waals surface area contributed by atoms with Crippen molar-refractivity contribution in [3.63, 3.8) is 0 Å². The molecule has 27 heavy (non-hydrogen) atoms. The van der Waals surface area contributed by atoms with Gasteiger partial charge in [-0.1, -0.05) is 13.8 Å². The fraction of sp³-hybridized carbons (Fsp3) is 0.684. The quantitative estimate of drug-likeness (QED) is 0.858. The maximum atomic E-state index is 12.1. The normalized spacial score (nSPS) is 14.3. The van der Waals surface area contributed by atoms with E-state index in [1.165, 1.54) is 6.33 Å². The minimum atomic E-state index is -0.844. The maximum Gasteiger partial charge on any atom is 0.410 e. The zero-order valence-electron chi connectivity index (χ0n) is 17.3. The Labute approximate surface area is 161 Å². The Hall–Kier alpha value is -2.38. The summed E-state index contributed by atoms with van der Waals surface area (Å²) in [5.41, 5.74) is 1.14. The van der Waals surface area contributed by atoms with Gasteiger partial charge in [0.1, 0.15) is 17.7 Å². The molecule has 1 aliphatic rings. The minimum Gasteiger partial charge on any atom is -0.481 e. The highest BCUT2D eigenvalue weighted by Gasteiger charge is 2.27. The number of carboxylic acids is 1. The van der Waals surface area contributed by atoms with Crippen LogP contribution in [0.5, 0.6) is 0 Å². The monoisotopic (exact) mass is 380 g/mol. The van der Waals surface area contributed by atoms with Crippen LogP contribution in [0.2, 0.25) is 0 Å². The molecular formula is C19H32N4O4. The van der Waals surface area contributed by atoms with E-state index in [-0.39, 0.29) is 12.5 Å². The SMILES string of the molecule is CC.Cc1ncnc(N2CCN(C(=O)OC(C)(C)C)CC2)c1CCC(=O)O. The van der Waals surface area contributed by atoms with E-state index in [9.17, 15) is 9.59 Å². The van der Waals surface area contributed by atoms with Gasteiger partial charge in [0.25, 0.3) is 0 Å². The Balaban J connectivity index is 0.00000176. The second kappa shape index (κ2) is 10.1. The first kappa shape index (κ1) is 22.7. The Morgan fingerprint density at radius 3 is 2.26 bits per heavy atom. The number of hydrogen-bond acceptors (Lipinski definition) is 6. The van der Waals surface area contributed by atoms with Crippen LogP contribution in [0.4, 0.5) is 10.6 Å². The molecular weight excluding hydrogens is 348 g/mol. The van der Waals surface area contributed by atoms with Gasteiger partial charge in [-0.25, -0.2) is 14.8 Å². The van der Waals surface area contributed by atoms with Crippen LogP contribution in [-0.4, -0.2) is 63.8 Å². The highest BCUT2D eigenvalue weighted by molar-refractivity contribution is 5.69. The second-order valence-electron chi connectivity index (χ2n) is 7.11. The van der Waals surface area contributed by atoms with Gasteiger partial charge in [-0.05, 0) is 34.1 Å². The number of piperazine rings is 1. The smallest absolute Gasteiger partial charge is 0.410 e. The van der Waals surface area contributed by atoms with Crippen LogP contribution in [-0.2, 0) is 16.0 Å². The van der Waals surface area contributed by atoms with E-state index < -0.39 is 11.6 Å². The highest BCUT2D eigenvalue weighted by Crippen LogP contribution is 2.23. The van der Waals surface area contributed by atoms with Crippen molar-refractivity contribution >= 4 is 17.9 Å². The maximum absolute atomic E-state index is 12.1. The summed E-state index contributed by atoms with van der Waals surface area (Å²) in [5.74, 6) is -0.0819. The van der Waals surface area contributed by atoms with Crippen LogP contribution in [0.3, 0.4) is 0 Å². The van der Waals surface area contributed by atoms with E-state index in [1.54, 1.807) is 4.90 Å². The lowest BCUT2D eigenvalue weighted by Gasteiger charge is -2.36. The summed E-state index contributed by atoms with van der Waals surface area (Å²) in [7, 11) is 0. The molecule has 0 atom stereocenters. The highest BCUT2D eigenvalue weighted by atomic mass is 16.6. The van der Waals surface area contributed by atoms with Crippen LogP contribution >= 0.6 is 0 Å². The zero-order chi connectivity index (χ0) is 20.6. The summed E-state index contributed by atoms with van der Waals surface area (Å²) in [6, 6.07) is 0. The van der Waals surface area contributed by atoms with Crippen molar-refractivity contribution in [1.29, 1.82) is 0 Å². The first-order chi connectivity index (χ1) is 12.7. The number of anilines is 1. The van der Waals surface area contributed by atoms with E-state index in [2.05, 4.69) is 14.9 Å². The third-order valence-electron chi connectivity index (χ3n) is 3.96. The molecule has 152 valence electrons. The van der Waals surface area contributed by atoms with E-state index in [0.29, 0.717) is 32.6 Å². The molecule has 8 heteroatoms. The molecule has 1 aliphatic heterocycles. The van der Waals surface area contributed by atoms with Crippen molar-refractivity contribution in [2.45, 2.75) is 60.0 Å². The molecule has 2 rings (SSSR count). The summed E-state index contributed by atoms with van der Waals surface area (Å²) >= 11 is 0. The van der Waals surface area contributed by atoms with E-state index in [1.807, 2.05) is 41.5 Å². The number of carboxylic acid groups (broad SMARTS) is 1. The van der Waals surface area contributed by atoms with Gasteiger partial charge >= 0.3 is 12.1 Å². The summed E-state index contributed by atoms with van der Waals surface area (Å²) in [4.78, 5) is 35.3. The molecule has 0 aliphatic carbocycles. The van der Waals surface area contributed by atoms with Crippen LogP contribution in [0.15, 0.2) is 6.33 Å². The summed E-state index contributed by atoms with van der Waals surface area (Å²) in [5, 5.41) is 8.94. The lowest BCUT2D eigenvalue weighted by Crippen LogP contribution is -2.50. The second-order valence-corrected chi connectivity index (χ2v) is 7.11. The number of amides is 1. The number of ether oxygens (including phenoxy) is 1. The van der Waals surface area contributed by atoms with Gasteiger partial charge in [-0.2, -0.15) is 0 Å². The van der Waals surface area contributed by atoms with Gasteiger partial charge in [0.2, 0.25) is 0 Å². The number of carbonyl (C=O) groups excluding carboxylic acids is 1. The Bertz CT molecular complexity index is 635. The molecule has 1 fully saturated rings. The molecule has 1 amide bonds. The zero-order valence-corrected chi connectivity index (χ0v) is 17.3. The standard InChI is InChI=1S/C17H26N4O4.C2H6/c1-12-13(5-6-14(22)23)15(19-11-18-12)20-7-9-21(10-8-20)16(24)25-17(2,3)4;1-2/h11H,5-10H2,1-4H3,(H,22,23);1-2H3. The average molecular weight is 380 g/mol. The van der Waals surface area contributed by atoms with E-state index in [4.69, 9.17) is 9.84 Å². The molecule has 1 saturated heterocycles. The van der Waals surface area contributed by atoms with Gasteiger partial charge in [0, 0.05) is 43.9 Å². The molecule has 0 saturated carbocycles. The molecule has 1 aromatic heterocycles. The Morgan fingerprint density at radius 1 is 1.15 bits per heavy atom. The molecule has 1 aromatic rings. The number of rotatable bonds is 4. The molecule has 2 heterocycles. The van der Waals surface area contributed by atoms with E-state index >= 15 is 0 Å². The van der Waals surface area contributed by atoms with Crippen LogP contribution in [0, 0.1) is 6.92 Å². The van der Waals surface area contributed by atoms with Crippen LogP contribution in [0.25, 0.3) is 0 Å². The number of aryl methyl sites for hydroxylation is 1. The van der Waals surface area contributed by atoms with Crippen molar-refractivity contribution < 1.29 is 19.4 Å². The van der Waals surface area contributed by atoms with Crippen molar-refractivity contribution in [2.75, 3.05) is 31.1 Å². The Morgan fingerprint density at radius 2 is 1.74 bits per heavy atom.